The topological polar surface area (TPSA) is 36.9 Å². The van der Waals surface area contributed by atoms with Crippen LogP contribution in [-0.2, 0) is 17.9 Å². The molecule has 0 spiro atoms. The predicted octanol–water partition coefficient (Wildman–Crippen LogP) is 4.06. The minimum atomic E-state index is 0.576. The summed E-state index contributed by atoms with van der Waals surface area (Å²) < 4.78 is 5.94. The zero-order valence-electron chi connectivity index (χ0n) is 15.8. The Morgan fingerprint density at radius 2 is 2.12 bits per heavy atom. The van der Waals surface area contributed by atoms with Crippen LogP contribution in [0.3, 0.4) is 0 Å². The lowest BCUT2D eigenvalue weighted by atomic mass is 10.1. The fraction of sp³-hybridized carbons (Fsp3) is 0.476. The van der Waals surface area contributed by atoms with Gasteiger partial charge in [0.15, 0.2) is 5.96 Å². The Kier molecular flexibility index (Phi) is 7.09. The first-order valence-electron chi connectivity index (χ1n) is 9.45. The summed E-state index contributed by atoms with van der Waals surface area (Å²) in [5, 5.41) is 3.44. The molecule has 1 atom stereocenters. The monoisotopic (exact) mass is 371 g/mol. The fourth-order valence-corrected chi connectivity index (χ4v) is 4.04. The van der Waals surface area contributed by atoms with Gasteiger partial charge in [-0.2, -0.15) is 0 Å². The van der Waals surface area contributed by atoms with Crippen LogP contribution in [0.15, 0.2) is 47.5 Å². The van der Waals surface area contributed by atoms with E-state index in [4.69, 9.17) is 9.73 Å². The summed E-state index contributed by atoms with van der Waals surface area (Å²) >= 11 is 1.83. The van der Waals surface area contributed by atoms with E-state index in [-0.39, 0.29) is 0 Å². The normalized spacial score (nSPS) is 17.7. The molecule has 4 nitrogen and oxygen atoms in total. The molecule has 0 saturated carbocycles. The molecule has 3 rings (SSSR count). The Morgan fingerprint density at radius 1 is 1.27 bits per heavy atom. The van der Waals surface area contributed by atoms with E-state index in [1.165, 1.54) is 15.3 Å². The quantitative estimate of drug-likeness (QED) is 0.589. The molecule has 1 fully saturated rings. The van der Waals surface area contributed by atoms with Crippen molar-refractivity contribution in [3.8, 4) is 0 Å². The van der Waals surface area contributed by atoms with Crippen LogP contribution < -0.4 is 5.32 Å². The minimum absolute atomic E-state index is 0.576. The van der Waals surface area contributed by atoms with Gasteiger partial charge >= 0.3 is 0 Å². The predicted molar refractivity (Wildman–Crippen MR) is 110 cm³/mol. The second-order valence-corrected chi connectivity index (χ2v) is 8.16. The van der Waals surface area contributed by atoms with E-state index >= 15 is 0 Å². The highest BCUT2D eigenvalue weighted by molar-refractivity contribution is 7.11. The summed E-state index contributed by atoms with van der Waals surface area (Å²) in [5.74, 6) is 1.61. The van der Waals surface area contributed by atoms with Crippen molar-refractivity contribution in [1.29, 1.82) is 0 Å². The van der Waals surface area contributed by atoms with Crippen LogP contribution in [0, 0.1) is 12.8 Å². The number of nitrogens with one attached hydrogen (secondary N) is 1. The van der Waals surface area contributed by atoms with Crippen molar-refractivity contribution >= 4 is 17.3 Å². The maximum absolute atomic E-state index is 5.94. The van der Waals surface area contributed by atoms with Crippen LogP contribution in [0.1, 0.15) is 28.7 Å². The van der Waals surface area contributed by atoms with Gasteiger partial charge in [0.25, 0.3) is 0 Å². The van der Waals surface area contributed by atoms with E-state index in [0.29, 0.717) is 12.5 Å². The van der Waals surface area contributed by atoms with Crippen LogP contribution >= 0.6 is 11.3 Å². The number of guanidine groups is 1. The molecule has 1 aromatic heterocycles. The summed E-state index contributed by atoms with van der Waals surface area (Å²) in [6, 6.07) is 14.7. The maximum Gasteiger partial charge on any atom is 0.194 e. The van der Waals surface area contributed by atoms with Crippen molar-refractivity contribution < 1.29 is 4.74 Å². The molecule has 0 bridgehead atoms. The maximum atomic E-state index is 5.94. The molecule has 1 N–H and O–H groups in total. The van der Waals surface area contributed by atoms with E-state index in [9.17, 15) is 0 Å². The third-order valence-corrected chi connectivity index (χ3v) is 5.55. The molecule has 1 unspecified atom stereocenters. The summed E-state index contributed by atoms with van der Waals surface area (Å²) in [7, 11) is 0. The second-order valence-electron chi connectivity index (χ2n) is 6.78. The van der Waals surface area contributed by atoms with Crippen LogP contribution in [-0.4, -0.2) is 37.1 Å². The van der Waals surface area contributed by atoms with Gasteiger partial charge < -0.3 is 15.0 Å². The zero-order valence-corrected chi connectivity index (χ0v) is 16.6. The van der Waals surface area contributed by atoms with E-state index in [0.717, 1.165) is 45.2 Å². The van der Waals surface area contributed by atoms with E-state index in [2.05, 4.69) is 60.5 Å². The van der Waals surface area contributed by atoms with Gasteiger partial charge in [-0.05, 0) is 38.0 Å². The van der Waals surface area contributed by atoms with Crippen LogP contribution in [0.2, 0.25) is 0 Å². The number of thiophene rings is 1. The fourth-order valence-electron chi connectivity index (χ4n) is 3.23. The molecule has 0 aliphatic carbocycles. The molecule has 2 heterocycles. The molecule has 5 heteroatoms. The van der Waals surface area contributed by atoms with Crippen molar-refractivity contribution in [2.75, 3.05) is 26.2 Å². The van der Waals surface area contributed by atoms with Gasteiger partial charge in [-0.3, -0.25) is 0 Å². The van der Waals surface area contributed by atoms with Crippen LogP contribution in [0.4, 0.5) is 0 Å². The summed E-state index contributed by atoms with van der Waals surface area (Å²) in [5.41, 5.74) is 1.24. The van der Waals surface area contributed by atoms with Crippen LogP contribution in [0.5, 0.6) is 0 Å². The van der Waals surface area contributed by atoms with Crippen molar-refractivity contribution in [2.45, 2.75) is 33.4 Å². The molecular weight excluding hydrogens is 342 g/mol. The number of benzene rings is 1. The number of aliphatic imine (C=N–C) groups is 1. The highest BCUT2D eigenvalue weighted by atomic mass is 32.1. The van der Waals surface area contributed by atoms with Crippen molar-refractivity contribution in [3.63, 3.8) is 0 Å². The van der Waals surface area contributed by atoms with Gasteiger partial charge in [0.1, 0.15) is 0 Å². The lowest BCUT2D eigenvalue weighted by Crippen LogP contribution is -2.40. The highest BCUT2D eigenvalue weighted by Gasteiger charge is 2.25. The number of ether oxygens (including phenoxy) is 1. The lowest BCUT2D eigenvalue weighted by molar-refractivity contribution is 0.0906. The first kappa shape index (κ1) is 18.9. The number of nitrogens with zero attached hydrogens (tertiary/aromatic N) is 2. The first-order chi connectivity index (χ1) is 12.7. The summed E-state index contributed by atoms with van der Waals surface area (Å²) in [6.07, 6.45) is 1.16. The van der Waals surface area contributed by atoms with Crippen molar-refractivity contribution in [1.82, 2.24) is 10.2 Å². The standard InChI is InChI=1S/C21H29N3OS/c1-3-22-21(23-13-20-10-9-17(2)26-20)24-12-11-19(14-24)16-25-15-18-7-5-4-6-8-18/h4-10,19H,3,11-16H2,1-2H3,(H,22,23). The van der Waals surface area contributed by atoms with E-state index < -0.39 is 0 Å². The third-order valence-electron chi connectivity index (χ3n) is 4.57. The van der Waals surface area contributed by atoms with E-state index in [1.807, 2.05) is 17.4 Å². The summed E-state index contributed by atoms with van der Waals surface area (Å²) in [6.45, 7) is 9.50. The van der Waals surface area contributed by atoms with Crippen molar-refractivity contribution in [2.24, 2.45) is 10.9 Å². The zero-order chi connectivity index (χ0) is 18.2. The molecule has 26 heavy (non-hydrogen) atoms. The van der Waals surface area contributed by atoms with Gasteiger partial charge in [0.2, 0.25) is 0 Å². The number of hydrogen-bond donors (Lipinski definition) is 1. The van der Waals surface area contributed by atoms with Gasteiger partial charge in [0, 0.05) is 35.3 Å². The molecule has 0 amide bonds. The molecule has 1 aliphatic rings. The molecule has 1 saturated heterocycles. The Hall–Kier alpha value is -1.85. The minimum Gasteiger partial charge on any atom is -0.376 e. The summed E-state index contributed by atoms with van der Waals surface area (Å²) in [4.78, 5) is 9.88. The third kappa shape index (κ3) is 5.58. The average molecular weight is 372 g/mol. The number of rotatable bonds is 7. The lowest BCUT2D eigenvalue weighted by Gasteiger charge is -2.21. The Morgan fingerprint density at radius 3 is 2.85 bits per heavy atom. The highest BCUT2D eigenvalue weighted by Crippen LogP contribution is 2.19. The van der Waals surface area contributed by atoms with E-state index in [1.54, 1.807) is 0 Å². The molecule has 0 radical (unpaired) electrons. The SMILES string of the molecule is CCNC(=NCc1ccc(C)s1)N1CCC(COCc2ccccc2)C1. The van der Waals surface area contributed by atoms with Gasteiger partial charge in [-0.25, -0.2) is 4.99 Å². The Labute approximate surface area is 160 Å². The molecular formula is C21H29N3OS. The van der Waals surface area contributed by atoms with Crippen LogP contribution in [0.25, 0.3) is 0 Å². The smallest absolute Gasteiger partial charge is 0.194 e. The Bertz CT molecular complexity index is 698. The van der Waals surface area contributed by atoms with Gasteiger partial charge in [0.05, 0.1) is 19.8 Å². The number of hydrogen-bond acceptors (Lipinski definition) is 3. The first-order valence-corrected chi connectivity index (χ1v) is 10.3. The molecule has 140 valence electrons. The van der Waals surface area contributed by atoms with Crippen molar-refractivity contribution in [3.05, 3.63) is 57.8 Å². The molecule has 2 aromatic rings. The average Bonchev–Trinajstić information content (AvgIpc) is 3.29. The number of aryl methyl sites for hydroxylation is 1. The number of likely N-dealkylation sites (tertiary alicyclic amines) is 1. The largest absolute Gasteiger partial charge is 0.376 e. The second kappa shape index (κ2) is 9.74. The molecule has 1 aliphatic heterocycles. The molecule has 1 aromatic carbocycles. The van der Waals surface area contributed by atoms with Gasteiger partial charge in [-0.15, -0.1) is 11.3 Å². The van der Waals surface area contributed by atoms with Gasteiger partial charge in [-0.1, -0.05) is 30.3 Å². The Balaban J connectivity index is 1.48.